The lowest BCUT2D eigenvalue weighted by Crippen LogP contribution is -2.50. The predicted molar refractivity (Wildman–Crippen MR) is 148 cm³/mol. The number of benzene rings is 2. The van der Waals surface area contributed by atoms with E-state index in [9.17, 15) is 9.59 Å². The molecule has 5 aromatic rings. The Morgan fingerprint density at radius 1 is 1.00 bits per heavy atom. The molecule has 1 aliphatic heterocycles. The van der Waals surface area contributed by atoms with Gasteiger partial charge in [-0.25, -0.2) is 9.97 Å². The topological polar surface area (TPSA) is 133 Å². The van der Waals surface area contributed by atoms with Crippen LogP contribution in [0.25, 0.3) is 22.6 Å². The minimum absolute atomic E-state index is 0.102. The molecule has 11 heteroatoms. The molecule has 0 spiro atoms. The number of anilines is 1. The quantitative estimate of drug-likeness (QED) is 0.335. The Morgan fingerprint density at radius 3 is 2.52 bits per heavy atom. The lowest BCUT2D eigenvalue weighted by molar-refractivity contribution is -0.114. The largest absolute Gasteiger partial charge is 0.436 e. The monoisotopic (exact) mass is 536 g/mol. The third-order valence-corrected chi connectivity index (χ3v) is 6.87. The first-order valence-corrected chi connectivity index (χ1v) is 13.1. The molecule has 4 heterocycles. The number of oxazole rings is 1. The maximum Gasteiger partial charge on any atom is 0.272 e. The summed E-state index contributed by atoms with van der Waals surface area (Å²) in [5.41, 5.74) is 3.92. The standard InChI is InChI=1S/C29H28N8O3/c1-18-31-27(35-34-18)26(20-6-4-3-5-7-20)36-12-14-37(15-13-36)29(39)24-16-21(10-11-30-24)28-33-23-17-22(32-19(2)38)8-9-25(23)40-28/h3-11,16-17,26H,12-15H2,1-2H3,(H,32,38)(H,31,34,35). The molecule has 1 atom stereocenters. The van der Waals surface area contributed by atoms with E-state index in [0.717, 1.165) is 17.2 Å². The molecule has 11 nitrogen and oxygen atoms in total. The summed E-state index contributed by atoms with van der Waals surface area (Å²) < 4.78 is 5.92. The van der Waals surface area contributed by atoms with Gasteiger partial charge in [-0.15, -0.1) is 0 Å². The number of aromatic amines is 1. The summed E-state index contributed by atoms with van der Waals surface area (Å²) in [6.07, 6.45) is 1.59. The van der Waals surface area contributed by atoms with Crippen LogP contribution in [0.2, 0.25) is 0 Å². The molecule has 2 aromatic carbocycles. The summed E-state index contributed by atoms with van der Waals surface area (Å²) in [7, 11) is 0. The number of pyridine rings is 1. The lowest BCUT2D eigenvalue weighted by atomic mass is 10.0. The summed E-state index contributed by atoms with van der Waals surface area (Å²) in [6.45, 7) is 5.77. The zero-order valence-corrected chi connectivity index (χ0v) is 22.2. The average molecular weight is 537 g/mol. The molecule has 202 valence electrons. The van der Waals surface area contributed by atoms with Gasteiger partial charge in [-0.1, -0.05) is 30.3 Å². The van der Waals surface area contributed by atoms with Crippen LogP contribution in [0, 0.1) is 6.92 Å². The minimum Gasteiger partial charge on any atom is -0.436 e. The summed E-state index contributed by atoms with van der Waals surface area (Å²) in [5.74, 6) is 1.56. The number of amides is 2. The van der Waals surface area contributed by atoms with Crippen LogP contribution >= 0.6 is 0 Å². The molecule has 0 bridgehead atoms. The second-order valence-electron chi connectivity index (χ2n) is 9.73. The highest BCUT2D eigenvalue weighted by molar-refractivity contribution is 5.94. The van der Waals surface area contributed by atoms with E-state index in [0.29, 0.717) is 60.1 Å². The number of piperazine rings is 1. The molecule has 40 heavy (non-hydrogen) atoms. The molecule has 0 saturated carbocycles. The number of hydrogen-bond donors (Lipinski definition) is 2. The van der Waals surface area contributed by atoms with Crippen LogP contribution in [-0.2, 0) is 4.79 Å². The van der Waals surface area contributed by atoms with Gasteiger partial charge < -0.3 is 14.6 Å². The van der Waals surface area contributed by atoms with Crippen molar-refractivity contribution in [3.8, 4) is 11.5 Å². The zero-order valence-electron chi connectivity index (χ0n) is 22.2. The van der Waals surface area contributed by atoms with E-state index < -0.39 is 0 Å². The summed E-state index contributed by atoms with van der Waals surface area (Å²) in [4.78, 5) is 42.5. The number of nitrogens with zero attached hydrogens (tertiary/aromatic N) is 6. The van der Waals surface area contributed by atoms with Crippen LogP contribution in [0.3, 0.4) is 0 Å². The van der Waals surface area contributed by atoms with E-state index >= 15 is 0 Å². The van der Waals surface area contributed by atoms with Gasteiger partial charge in [-0.05, 0) is 42.8 Å². The molecule has 0 radical (unpaired) electrons. The number of aromatic nitrogens is 5. The fraction of sp³-hybridized carbons (Fsp3) is 0.241. The maximum absolute atomic E-state index is 13.4. The molecule has 1 saturated heterocycles. The first kappa shape index (κ1) is 25.4. The van der Waals surface area contributed by atoms with Gasteiger partial charge in [0.1, 0.15) is 17.0 Å². The summed E-state index contributed by atoms with van der Waals surface area (Å²) >= 11 is 0. The fourth-order valence-corrected chi connectivity index (χ4v) is 5.00. The highest BCUT2D eigenvalue weighted by Gasteiger charge is 2.31. The number of carbonyl (C=O) groups is 2. The molecule has 1 unspecified atom stereocenters. The first-order chi connectivity index (χ1) is 19.4. The zero-order chi connectivity index (χ0) is 27.6. The summed E-state index contributed by atoms with van der Waals surface area (Å²) in [5, 5.41) is 10.1. The second kappa shape index (κ2) is 10.7. The van der Waals surface area contributed by atoms with E-state index in [2.05, 4.69) is 47.5 Å². The van der Waals surface area contributed by atoms with Crippen molar-refractivity contribution < 1.29 is 14.0 Å². The Kier molecular flexibility index (Phi) is 6.79. The van der Waals surface area contributed by atoms with Crippen LogP contribution in [0.15, 0.2) is 71.3 Å². The highest BCUT2D eigenvalue weighted by Crippen LogP contribution is 2.29. The minimum atomic E-state index is -0.162. The van der Waals surface area contributed by atoms with Crippen molar-refractivity contribution in [3.05, 3.63) is 89.8 Å². The van der Waals surface area contributed by atoms with Crippen LogP contribution in [0.4, 0.5) is 5.69 Å². The Labute approximate surface area is 230 Å². The average Bonchev–Trinajstić information content (AvgIpc) is 3.59. The van der Waals surface area contributed by atoms with Gasteiger partial charge in [-0.2, -0.15) is 5.10 Å². The highest BCUT2D eigenvalue weighted by atomic mass is 16.3. The molecule has 6 rings (SSSR count). The van der Waals surface area contributed by atoms with Gasteiger partial charge in [0, 0.05) is 50.6 Å². The smallest absolute Gasteiger partial charge is 0.272 e. The summed E-state index contributed by atoms with van der Waals surface area (Å²) in [6, 6.07) is 18.8. The van der Waals surface area contributed by atoms with E-state index in [1.54, 1.807) is 36.5 Å². The van der Waals surface area contributed by atoms with E-state index in [4.69, 9.17) is 4.42 Å². The molecule has 2 amide bonds. The van der Waals surface area contributed by atoms with Crippen molar-refractivity contribution in [2.45, 2.75) is 19.9 Å². The van der Waals surface area contributed by atoms with E-state index in [1.165, 1.54) is 6.92 Å². The van der Waals surface area contributed by atoms with Gasteiger partial charge in [0.15, 0.2) is 11.4 Å². The van der Waals surface area contributed by atoms with Gasteiger partial charge in [0.2, 0.25) is 11.8 Å². The molecule has 1 aliphatic rings. The van der Waals surface area contributed by atoms with E-state index in [-0.39, 0.29) is 17.9 Å². The maximum atomic E-state index is 13.4. The fourth-order valence-electron chi connectivity index (χ4n) is 5.00. The van der Waals surface area contributed by atoms with Crippen molar-refractivity contribution in [1.82, 2.24) is 34.9 Å². The SMILES string of the molecule is CC(=O)Nc1ccc2oc(-c3ccnc(C(=O)N4CCN(C(c5ccccc5)c5n[nH]c(C)n5)CC4)c3)nc2c1. The third kappa shape index (κ3) is 5.19. The van der Waals surface area contributed by atoms with E-state index in [1.807, 2.05) is 30.0 Å². The number of fused-ring (bicyclic) bond motifs is 1. The van der Waals surface area contributed by atoms with Gasteiger partial charge in [0.05, 0.1) is 6.04 Å². The molecular formula is C29H28N8O3. The Balaban J connectivity index is 1.18. The van der Waals surface area contributed by atoms with Crippen molar-refractivity contribution >= 4 is 28.6 Å². The van der Waals surface area contributed by atoms with Crippen molar-refractivity contribution in [3.63, 3.8) is 0 Å². The first-order valence-electron chi connectivity index (χ1n) is 13.1. The second-order valence-corrected chi connectivity index (χ2v) is 9.73. The van der Waals surface area contributed by atoms with Crippen molar-refractivity contribution in [1.29, 1.82) is 0 Å². The van der Waals surface area contributed by atoms with Gasteiger partial charge >= 0.3 is 0 Å². The number of H-pyrrole nitrogens is 1. The molecule has 3 aromatic heterocycles. The number of rotatable bonds is 6. The van der Waals surface area contributed by atoms with Crippen LogP contribution in [0.1, 0.15) is 40.7 Å². The van der Waals surface area contributed by atoms with Crippen LogP contribution in [-0.4, -0.2) is 72.9 Å². The van der Waals surface area contributed by atoms with Gasteiger partial charge in [0.25, 0.3) is 5.91 Å². The molecular weight excluding hydrogens is 508 g/mol. The number of aryl methyl sites for hydroxylation is 1. The van der Waals surface area contributed by atoms with Crippen LogP contribution in [0.5, 0.6) is 0 Å². The molecule has 2 N–H and O–H groups in total. The van der Waals surface area contributed by atoms with Crippen molar-refractivity contribution in [2.24, 2.45) is 0 Å². The Bertz CT molecular complexity index is 1670. The molecule has 0 aliphatic carbocycles. The lowest BCUT2D eigenvalue weighted by Gasteiger charge is -2.38. The van der Waals surface area contributed by atoms with Crippen molar-refractivity contribution in [2.75, 3.05) is 31.5 Å². The number of carbonyl (C=O) groups excluding carboxylic acids is 2. The molecule has 1 fully saturated rings. The predicted octanol–water partition coefficient (Wildman–Crippen LogP) is 3.82. The third-order valence-electron chi connectivity index (χ3n) is 6.87. The Hall–Kier alpha value is -4.90. The Morgan fingerprint density at radius 2 is 1.80 bits per heavy atom. The number of hydrogen-bond acceptors (Lipinski definition) is 8. The van der Waals surface area contributed by atoms with Gasteiger partial charge in [-0.3, -0.25) is 24.6 Å². The number of nitrogens with one attached hydrogen (secondary N) is 2. The van der Waals surface area contributed by atoms with Crippen LogP contribution < -0.4 is 5.32 Å². The normalized spacial score (nSPS) is 14.8.